The van der Waals surface area contributed by atoms with E-state index in [1.54, 1.807) is 19.1 Å². The largest absolute Gasteiger partial charge is 0.480 e. The Labute approximate surface area is 135 Å². The minimum Gasteiger partial charge on any atom is -0.480 e. The molecule has 0 aromatic heterocycles. The molecule has 0 radical (unpaired) electrons. The molecule has 0 heterocycles. The zero-order valence-electron chi connectivity index (χ0n) is 12.8. The Morgan fingerprint density at radius 3 is 2.55 bits per heavy atom. The smallest absolute Gasteiger partial charge is 0.320 e. The molecule has 1 amide bonds. The topological polar surface area (TPSA) is 66.4 Å². The summed E-state index contributed by atoms with van der Waals surface area (Å²) in [4.78, 5) is 23.4. The van der Waals surface area contributed by atoms with Crippen molar-refractivity contribution in [2.75, 3.05) is 6.54 Å². The van der Waals surface area contributed by atoms with Gasteiger partial charge >= 0.3 is 5.97 Å². The third kappa shape index (κ3) is 3.80. The molecule has 120 valence electrons. The fourth-order valence-corrected chi connectivity index (χ4v) is 3.49. The van der Waals surface area contributed by atoms with Crippen molar-refractivity contribution < 1.29 is 14.7 Å². The van der Waals surface area contributed by atoms with Crippen molar-refractivity contribution in [3.05, 3.63) is 34.3 Å². The van der Waals surface area contributed by atoms with Crippen LogP contribution in [-0.4, -0.2) is 23.5 Å². The first-order chi connectivity index (χ1) is 10.5. The average Bonchev–Trinajstić information content (AvgIpc) is 2.48. The predicted octanol–water partition coefficient (Wildman–Crippen LogP) is 3.69. The van der Waals surface area contributed by atoms with Crippen LogP contribution < -0.4 is 5.32 Å². The van der Waals surface area contributed by atoms with E-state index in [1.807, 2.05) is 6.07 Å². The zero-order chi connectivity index (χ0) is 16.1. The highest BCUT2D eigenvalue weighted by Gasteiger charge is 2.29. The number of nitrogens with one attached hydrogen (secondary N) is 1. The van der Waals surface area contributed by atoms with E-state index in [0.29, 0.717) is 23.0 Å². The lowest BCUT2D eigenvalue weighted by atomic mass is 9.83. The summed E-state index contributed by atoms with van der Waals surface area (Å²) in [7, 11) is 0. The van der Waals surface area contributed by atoms with E-state index in [2.05, 4.69) is 5.32 Å². The van der Waals surface area contributed by atoms with Crippen molar-refractivity contribution >= 4 is 23.5 Å². The van der Waals surface area contributed by atoms with E-state index in [4.69, 9.17) is 11.6 Å². The molecule has 1 unspecified atom stereocenters. The van der Waals surface area contributed by atoms with Crippen LogP contribution in [0.5, 0.6) is 0 Å². The number of likely N-dealkylation sites (N-methyl/N-ethyl adjacent to an activating group) is 1. The van der Waals surface area contributed by atoms with Crippen molar-refractivity contribution in [2.45, 2.75) is 50.9 Å². The summed E-state index contributed by atoms with van der Waals surface area (Å²) in [5, 5.41) is 12.5. The molecule has 5 heteroatoms. The summed E-state index contributed by atoms with van der Waals surface area (Å²) in [6.45, 7) is 2.16. The number of benzene rings is 1. The Morgan fingerprint density at radius 1 is 1.32 bits per heavy atom. The van der Waals surface area contributed by atoms with Crippen LogP contribution in [0.25, 0.3) is 0 Å². The van der Waals surface area contributed by atoms with E-state index >= 15 is 0 Å². The number of aliphatic carboxylic acids is 1. The molecule has 22 heavy (non-hydrogen) atoms. The second-order valence-corrected chi connectivity index (χ2v) is 6.19. The van der Waals surface area contributed by atoms with Gasteiger partial charge in [-0.1, -0.05) is 43.0 Å². The molecule has 1 atom stereocenters. The SMILES string of the molecule is CCNC(=O)C(C(=O)O)c1ccc(C2CCCCC2)c(Cl)c1. The maximum atomic E-state index is 11.9. The number of hydrogen-bond donors (Lipinski definition) is 2. The lowest BCUT2D eigenvalue weighted by Gasteiger charge is -2.23. The van der Waals surface area contributed by atoms with E-state index in [0.717, 1.165) is 18.4 Å². The van der Waals surface area contributed by atoms with Crippen LogP contribution in [0.15, 0.2) is 18.2 Å². The van der Waals surface area contributed by atoms with Gasteiger partial charge in [0.15, 0.2) is 5.92 Å². The number of carboxylic acids is 1. The van der Waals surface area contributed by atoms with Gasteiger partial charge in [-0.2, -0.15) is 0 Å². The third-order valence-corrected chi connectivity index (χ3v) is 4.59. The quantitative estimate of drug-likeness (QED) is 0.812. The number of carbonyl (C=O) groups excluding carboxylic acids is 1. The average molecular weight is 324 g/mol. The molecule has 1 fully saturated rings. The van der Waals surface area contributed by atoms with Crippen LogP contribution in [-0.2, 0) is 9.59 Å². The number of halogens is 1. The first-order valence-corrected chi connectivity index (χ1v) is 8.22. The Kier molecular flexibility index (Phi) is 5.83. The molecule has 0 bridgehead atoms. The van der Waals surface area contributed by atoms with Gasteiger partial charge in [-0.05, 0) is 42.9 Å². The maximum absolute atomic E-state index is 11.9. The lowest BCUT2D eigenvalue weighted by Crippen LogP contribution is -2.33. The molecule has 1 aromatic rings. The van der Waals surface area contributed by atoms with Crippen molar-refractivity contribution in [3.63, 3.8) is 0 Å². The summed E-state index contributed by atoms with van der Waals surface area (Å²) in [5.74, 6) is -2.43. The highest BCUT2D eigenvalue weighted by Crippen LogP contribution is 2.37. The van der Waals surface area contributed by atoms with Crippen molar-refractivity contribution in [3.8, 4) is 0 Å². The van der Waals surface area contributed by atoms with E-state index < -0.39 is 17.8 Å². The first-order valence-electron chi connectivity index (χ1n) is 7.84. The van der Waals surface area contributed by atoms with Crippen molar-refractivity contribution in [1.29, 1.82) is 0 Å². The van der Waals surface area contributed by atoms with Crippen LogP contribution in [0.4, 0.5) is 0 Å². The summed E-state index contributed by atoms with van der Waals surface area (Å²) in [6, 6.07) is 5.26. The molecular weight excluding hydrogens is 302 g/mol. The number of carbonyl (C=O) groups is 2. The molecule has 1 aliphatic carbocycles. The Balaban J connectivity index is 2.26. The fourth-order valence-electron chi connectivity index (χ4n) is 3.15. The van der Waals surface area contributed by atoms with E-state index in [9.17, 15) is 14.7 Å². The minimum absolute atomic E-state index is 0.399. The normalized spacial score (nSPS) is 17.0. The molecule has 1 saturated carbocycles. The first kappa shape index (κ1) is 16.8. The number of rotatable bonds is 5. The molecule has 1 aliphatic rings. The van der Waals surface area contributed by atoms with Gasteiger partial charge in [-0.15, -0.1) is 0 Å². The van der Waals surface area contributed by atoms with Gasteiger partial charge in [-0.3, -0.25) is 9.59 Å². The van der Waals surface area contributed by atoms with Crippen LogP contribution in [0.2, 0.25) is 5.02 Å². The molecule has 2 N–H and O–H groups in total. The zero-order valence-corrected chi connectivity index (χ0v) is 13.5. The highest BCUT2D eigenvalue weighted by molar-refractivity contribution is 6.31. The molecule has 0 spiro atoms. The summed E-state index contributed by atoms with van der Waals surface area (Å²) in [6.07, 6.45) is 5.93. The molecule has 0 saturated heterocycles. The molecule has 0 aliphatic heterocycles. The van der Waals surface area contributed by atoms with Crippen molar-refractivity contribution in [1.82, 2.24) is 5.32 Å². The van der Waals surface area contributed by atoms with Crippen LogP contribution in [0, 0.1) is 0 Å². The molecule has 1 aromatic carbocycles. The van der Waals surface area contributed by atoms with Gasteiger partial charge in [0.2, 0.25) is 5.91 Å². The summed E-state index contributed by atoms with van der Waals surface area (Å²) in [5.41, 5.74) is 1.51. The van der Waals surface area contributed by atoms with Gasteiger partial charge in [0.05, 0.1) is 0 Å². The second-order valence-electron chi connectivity index (χ2n) is 5.78. The number of carboxylic acid groups (broad SMARTS) is 1. The number of hydrogen-bond acceptors (Lipinski definition) is 2. The van der Waals surface area contributed by atoms with E-state index in [-0.39, 0.29) is 0 Å². The van der Waals surface area contributed by atoms with E-state index in [1.165, 1.54) is 19.3 Å². The Morgan fingerprint density at radius 2 is 2.00 bits per heavy atom. The monoisotopic (exact) mass is 323 g/mol. The van der Waals surface area contributed by atoms with Gasteiger partial charge in [0.25, 0.3) is 0 Å². The molecular formula is C17H22ClNO3. The fraction of sp³-hybridized carbons (Fsp3) is 0.529. The molecule has 4 nitrogen and oxygen atoms in total. The van der Waals surface area contributed by atoms with Gasteiger partial charge in [0.1, 0.15) is 0 Å². The van der Waals surface area contributed by atoms with Gasteiger partial charge < -0.3 is 10.4 Å². The summed E-state index contributed by atoms with van der Waals surface area (Å²) >= 11 is 6.37. The van der Waals surface area contributed by atoms with Crippen molar-refractivity contribution in [2.24, 2.45) is 0 Å². The standard InChI is InChI=1S/C17H22ClNO3/c1-2-19-16(20)15(17(21)22)12-8-9-13(14(18)10-12)11-6-4-3-5-7-11/h8-11,15H,2-7H2,1H3,(H,19,20)(H,21,22). The van der Waals surface area contributed by atoms with Crippen LogP contribution in [0.1, 0.15) is 62.0 Å². The predicted molar refractivity (Wildman–Crippen MR) is 86.3 cm³/mol. The summed E-state index contributed by atoms with van der Waals surface area (Å²) < 4.78 is 0. The Hall–Kier alpha value is -1.55. The number of amides is 1. The van der Waals surface area contributed by atoms with Gasteiger partial charge in [-0.25, -0.2) is 0 Å². The second kappa shape index (κ2) is 7.63. The third-order valence-electron chi connectivity index (χ3n) is 4.26. The van der Waals surface area contributed by atoms with Crippen LogP contribution in [0.3, 0.4) is 0 Å². The highest BCUT2D eigenvalue weighted by atomic mass is 35.5. The van der Waals surface area contributed by atoms with Crippen LogP contribution >= 0.6 is 11.6 Å². The lowest BCUT2D eigenvalue weighted by molar-refractivity contribution is -0.143. The van der Waals surface area contributed by atoms with Gasteiger partial charge in [0, 0.05) is 11.6 Å². The Bertz CT molecular complexity index is 553. The minimum atomic E-state index is -1.21. The molecule has 2 rings (SSSR count). The maximum Gasteiger partial charge on any atom is 0.320 e.